The van der Waals surface area contributed by atoms with Crippen molar-refractivity contribution in [2.24, 2.45) is 0 Å². The highest BCUT2D eigenvalue weighted by Gasteiger charge is 2.04. The number of hydrogen-bond donors (Lipinski definition) is 1. The summed E-state index contributed by atoms with van der Waals surface area (Å²) in [6, 6.07) is 0. The van der Waals surface area contributed by atoms with Gasteiger partial charge in [0.2, 0.25) is 0 Å². The molecule has 68 valence electrons. The van der Waals surface area contributed by atoms with E-state index >= 15 is 0 Å². The number of nitrogens with zero attached hydrogens (tertiary/aromatic N) is 4. The van der Waals surface area contributed by atoms with Gasteiger partial charge in [0, 0.05) is 6.20 Å². The first-order valence-electron chi connectivity index (χ1n) is 3.81. The molecule has 0 fully saturated rings. The molecule has 0 bridgehead atoms. The van der Waals surface area contributed by atoms with Crippen LogP contribution in [0.1, 0.15) is 5.82 Å². The van der Waals surface area contributed by atoms with Gasteiger partial charge in [-0.2, -0.15) is 0 Å². The minimum Gasteiger partial charge on any atom is -0.313 e. The Kier molecular flexibility index (Phi) is 2.24. The molecule has 0 saturated heterocycles. The molecule has 0 saturated carbocycles. The van der Waals surface area contributed by atoms with Crippen molar-refractivity contribution >= 4 is 21.6 Å². The molecule has 0 unspecified atom stereocenters. The lowest BCUT2D eigenvalue weighted by atomic mass is 10.5. The van der Waals surface area contributed by atoms with Gasteiger partial charge in [-0.25, -0.2) is 4.98 Å². The normalized spacial score (nSPS) is 10.9. The summed E-state index contributed by atoms with van der Waals surface area (Å²) in [5, 5.41) is 11.0. The minimum absolute atomic E-state index is 0.692. The van der Waals surface area contributed by atoms with Crippen LogP contribution in [0.3, 0.4) is 0 Å². The SMILES string of the molecule is CNCc1nnc2cnc(Br)cn12. The second-order valence-corrected chi connectivity index (χ2v) is 3.40. The summed E-state index contributed by atoms with van der Waals surface area (Å²) in [6.07, 6.45) is 3.53. The van der Waals surface area contributed by atoms with Crippen LogP contribution in [0.25, 0.3) is 5.65 Å². The van der Waals surface area contributed by atoms with Gasteiger partial charge in [-0.05, 0) is 23.0 Å². The van der Waals surface area contributed by atoms with Gasteiger partial charge in [0.25, 0.3) is 0 Å². The second kappa shape index (κ2) is 3.39. The Labute approximate surface area is 83.3 Å². The maximum absolute atomic E-state index is 4.05. The van der Waals surface area contributed by atoms with Crippen molar-refractivity contribution in [2.45, 2.75) is 6.54 Å². The van der Waals surface area contributed by atoms with Crippen LogP contribution in [-0.2, 0) is 6.54 Å². The molecule has 2 rings (SSSR count). The van der Waals surface area contributed by atoms with Gasteiger partial charge in [0.1, 0.15) is 4.60 Å². The van der Waals surface area contributed by atoms with Crippen LogP contribution in [0.4, 0.5) is 0 Å². The summed E-state index contributed by atoms with van der Waals surface area (Å²) in [4.78, 5) is 4.05. The zero-order valence-corrected chi connectivity index (χ0v) is 8.61. The zero-order chi connectivity index (χ0) is 9.26. The van der Waals surface area contributed by atoms with Gasteiger partial charge in [-0.15, -0.1) is 10.2 Å². The highest BCUT2D eigenvalue weighted by Crippen LogP contribution is 2.08. The molecular weight excluding hydrogens is 234 g/mol. The van der Waals surface area contributed by atoms with Crippen molar-refractivity contribution in [3.63, 3.8) is 0 Å². The Hall–Kier alpha value is -1.01. The number of aromatic nitrogens is 4. The lowest BCUT2D eigenvalue weighted by Gasteiger charge is -1.97. The molecule has 5 nitrogen and oxygen atoms in total. The molecule has 0 radical (unpaired) electrons. The molecule has 0 amide bonds. The Morgan fingerprint density at radius 2 is 2.38 bits per heavy atom. The van der Waals surface area contributed by atoms with Crippen molar-refractivity contribution < 1.29 is 0 Å². The Morgan fingerprint density at radius 3 is 3.15 bits per heavy atom. The standard InChI is InChI=1S/C7H8BrN5/c1-9-2-6-11-12-7-3-10-5(8)4-13(6)7/h3-4,9H,2H2,1H3. The summed E-state index contributed by atoms with van der Waals surface area (Å²) in [5.41, 5.74) is 0.758. The largest absolute Gasteiger partial charge is 0.313 e. The average Bonchev–Trinajstić information content (AvgIpc) is 2.49. The van der Waals surface area contributed by atoms with Crippen molar-refractivity contribution in [1.29, 1.82) is 0 Å². The van der Waals surface area contributed by atoms with Crippen LogP contribution in [0.15, 0.2) is 17.0 Å². The van der Waals surface area contributed by atoms with Crippen molar-refractivity contribution in [3.8, 4) is 0 Å². The number of halogens is 1. The van der Waals surface area contributed by atoms with Crippen molar-refractivity contribution in [2.75, 3.05) is 7.05 Å². The fraction of sp³-hybridized carbons (Fsp3) is 0.286. The van der Waals surface area contributed by atoms with E-state index in [0.717, 1.165) is 16.1 Å². The van der Waals surface area contributed by atoms with Crippen LogP contribution in [-0.4, -0.2) is 26.6 Å². The summed E-state index contributed by atoms with van der Waals surface area (Å²) < 4.78 is 2.67. The maximum atomic E-state index is 4.05. The molecule has 6 heteroatoms. The van der Waals surface area contributed by atoms with E-state index < -0.39 is 0 Å². The summed E-state index contributed by atoms with van der Waals surface area (Å²) >= 11 is 3.29. The molecule has 0 spiro atoms. The number of rotatable bonds is 2. The van der Waals surface area contributed by atoms with E-state index in [2.05, 4.69) is 36.4 Å². The summed E-state index contributed by atoms with van der Waals surface area (Å²) in [5.74, 6) is 0.876. The fourth-order valence-electron chi connectivity index (χ4n) is 1.10. The summed E-state index contributed by atoms with van der Waals surface area (Å²) in [7, 11) is 1.87. The summed E-state index contributed by atoms with van der Waals surface area (Å²) in [6.45, 7) is 0.692. The van der Waals surface area contributed by atoms with E-state index in [1.807, 2.05) is 17.6 Å². The number of nitrogens with one attached hydrogen (secondary N) is 1. The van der Waals surface area contributed by atoms with Gasteiger partial charge >= 0.3 is 0 Å². The molecule has 0 aliphatic carbocycles. The predicted octanol–water partition coefficient (Wildman–Crippen LogP) is 0.606. The Bertz CT molecular complexity index is 424. The Morgan fingerprint density at radius 1 is 1.54 bits per heavy atom. The smallest absolute Gasteiger partial charge is 0.179 e. The van der Waals surface area contributed by atoms with Crippen molar-refractivity contribution in [1.82, 2.24) is 24.9 Å². The molecular formula is C7H8BrN5. The van der Waals surface area contributed by atoms with E-state index in [1.165, 1.54) is 0 Å². The molecule has 0 atom stereocenters. The lowest BCUT2D eigenvalue weighted by molar-refractivity contribution is 0.746. The third-order valence-corrected chi connectivity index (χ3v) is 2.08. The van der Waals surface area contributed by atoms with Crippen LogP contribution in [0, 0.1) is 0 Å². The predicted molar refractivity (Wildman–Crippen MR) is 51.2 cm³/mol. The highest BCUT2D eigenvalue weighted by atomic mass is 79.9. The van der Waals surface area contributed by atoms with E-state index in [-0.39, 0.29) is 0 Å². The zero-order valence-electron chi connectivity index (χ0n) is 7.03. The average molecular weight is 242 g/mol. The molecule has 1 N–H and O–H groups in total. The topological polar surface area (TPSA) is 55.1 Å². The van der Waals surface area contributed by atoms with Gasteiger partial charge in [0.05, 0.1) is 12.7 Å². The van der Waals surface area contributed by atoms with Crippen LogP contribution in [0.5, 0.6) is 0 Å². The molecule has 0 aromatic carbocycles. The fourth-order valence-corrected chi connectivity index (χ4v) is 1.41. The first-order chi connectivity index (χ1) is 6.31. The van der Waals surface area contributed by atoms with Crippen LogP contribution in [0.2, 0.25) is 0 Å². The third kappa shape index (κ3) is 1.54. The minimum atomic E-state index is 0.692. The lowest BCUT2D eigenvalue weighted by Crippen LogP contribution is -2.08. The van der Waals surface area contributed by atoms with Crippen LogP contribution >= 0.6 is 15.9 Å². The molecule has 0 aliphatic heterocycles. The maximum Gasteiger partial charge on any atom is 0.179 e. The highest BCUT2D eigenvalue weighted by molar-refractivity contribution is 9.10. The van der Waals surface area contributed by atoms with Gasteiger partial charge < -0.3 is 5.32 Å². The van der Waals surface area contributed by atoms with Gasteiger partial charge in [0.15, 0.2) is 11.5 Å². The van der Waals surface area contributed by atoms with Gasteiger partial charge in [-0.1, -0.05) is 0 Å². The van der Waals surface area contributed by atoms with Crippen molar-refractivity contribution in [3.05, 3.63) is 22.8 Å². The van der Waals surface area contributed by atoms with E-state index in [4.69, 9.17) is 0 Å². The molecule has 2 aromatic rings. The van der Waals surface area contributed by atoms with Crippen LogP contribution < -0.4 is 5.32 Å². The van der Waals surface area contributed by atoms with E-state index in [1.54, 1.807) is 6.20 Å². The molecule has 13 heavy (non-hydrogen) atoms. The van der Waals surface area contributed by atoms with E-state index in [0.29, 0.717) is 6.54 Å². The van der Waals surface area contributed by atoms with Gasteiger partial charge in [-0.3, -0.25) is 4.40 Å². The second-order valence-electron chi connectivity index (χ2n) is 2.58. The molecule has 0 aliphatic rings. The first-order valence-corrected chi connectivity index (χ1v) is 4.60. The molecule has 2 heterocycles. The number of fused-ring (bicyclic) bond motifs is 1. The number of hydrogen-bond acceptors (Lipinski definition) is 4. The van der Waals surface area contributed by atoms with E-state index in [9.17, 15) is 0 Å². The third-order valence-electron chi connectivity index (χ3n) is 1.67. The Balaban J connectivity index is 2.58. The monoisotopic (exact) mass is 241 g/mol. The quantitative estimate of drug-likeness (QED) is 0.838. The first kappa shape index (κ1) is 8.58. The molecule has 2 aromatic heterocycles.